The van der Waals surface area contributed by atoms with Gasteiger partial charge in [0.05, 0.1) is 18.3 Å². The third-order valence-electron chi connectivity index (χ3n) is 2.69. The number of rotatable bonds is 1. The van der Waals surface area contributed by atoms with E-state index >= 15 is 0 Å². The number of carbonyl (C=O) groups is 1. The molecule has 5 heteroatoms. The van der Waals surface area contributed by atoms with Gasteiger partial charge in [0.2, 0.25) is 0 Å². The SMILES string of the molecule is CC1CN(C(=O)c2cc(F)ccc2Br)CCO1. The van der Waals surface area contributed by atoms with Crippen LogP contribution >= 0.6 is 15.9 Å². The molecule has 1 aliphatic heterocycles. The minimum absolute atomic E-state index is 0.0278. The highest BCUT2D eigenvalue weighted by Crippen LogP contribution is 2.20. The summed E-state index contributed by atoms with van der Waals surface area (Å²) in [5, 5.41) is 0. The predicted octanol–water partition coefficient (Wildman–Crippen LogP) is 2.45. The topological polar surface area (TPSA) is 29.5 Å². The van der Waals surface area contributed by atoms with Crippen molar-refractivity contribution in [3.8, 4) is 0 Å². The minimum atomic E-state index is -0.405. The molecule has 1 fully saturated rings. The first-order chi connectivity index (χ1) is 8.08. The summed E-state index contributed by atoms with van der Waals surface area (Å²) in [4.78, 5) is 13.9. The lowest BCUT2D eigenvalue weighted by molar-refractivity contribution is -0.0124. The molecule has 1 atom stereocenters. The molecule has 2 rings (SSSR count). The number of morpholine rings is 1. The first kappa shape index (κ1) is 12.5. The van der Waals surface area contributed by atoms with Crippen LogP contribution in [0.2, 0.25) is 0 Å². The van der Waals surface area contributed by atoms with Crippen molar-refractivity contribution in [1.82, 2.24) is 4.90 Å². The number of benzene rings is 1. The number of halogens is 2. The van der Waals surface area contributed by atoms with E-state index in [1.807, 2.05) is 6.92 Å². The van der Waals surface area contributed by atoms with E-state index < -0.39 is 5.82 Å². The fraction of sp³-hybridized carbons (Fsp3) is 0.417. The molecule has 1 unspecified atom stereocenters. The highest BCUT2D eigenvalue weighted by Gasteiger charge is 2.24. The van der Waals surface area contributed by atoms with Crippen molar-refractivity contribution in [2.45, 2.75) is 13.0 Å². The Balaban J connectivity index is 2.21. The summed E-state index contributed by atoms with van der Waals surface area (Å²) in [5.74, 6) is -0.565. The average Bonchev–Trinajstić information content (AvgIpc) is 2.31. The van der Waals surface area contributed by atoms with Gasteiger partial charge < -0.3 is 9.64 Å². The third kappa shape index (κ3) is 2.84. The van der Waals surface area contributed by atoms with Crippen LogP contribution in [0.3, 0.4) is 0 Å². The maximum Gasteiger partial charge on any atom is 0.255 e. The second-order valence-corrected chi connectivity index (χ2v) is 4.91. The lowest BCUT2D eigenvalue weighted by Gasteiger charge is -2.31. The van der Waals surface area contributed by atoms with Gasteiger partial charge >= 0.3 is 0 Å². The molecule has 0 radical (unpaired) electrons. The van der Waals surface area contributed by atoms with Crippen LogP contribution in [0.1, 0.15) is 17.3 Å². The summed E-state index contributed by atoms with van der Waals surface area (Å²) >= 11 is 3.27. The fourth-order valence-corrected chi connectivity index (χ4v) is 2.25. The van der Waals surface area contributed by atoms with E-state index in [2.05, 4.69) is 15.9 Å². The van der Waals surface area contributed by atoms with Crippen molar-refractivity contribution in [1.29, 1.82) is 0 Å². The van der Waals surface area contributed by atoms with Crippen molar-refractivity contribution in [3.63, 3.8) is 0 Å². The van der Waals surface area contributed by atoms with E-state index in [1.54, 1.807) is 11.0 Å². The molecular formula is C12H13BrFNO2. The lowest BCUT2D eigenvalue weighted by Crippen LogP contribution is -2.44. The van der Waals surface area contributed by atoms with Gasteiger partial charge in [0.25, 0.3) is 5.91 Å². The van der Waals surface area contributed by atoms with Crippen LogP contribution in [0.4, 0.5) is 4.39 Å². The summed E-state index contributed by atoms with van der Waals surface area (Å²) in [6.45, 7) is 3.54. The Morgan fingerprint density at radius 2 is 2.35 bits per heavy atom. The molecule has 92 valence electrons. The summed E-state index contributed by atoms with van der Waals surface area (Å²) in [6, 6.07) is 4.13. The Labute approximate surface area is 108 Å². The number of hydrogen-bond acceptors (Lipinski definition) is 2. The maximum absolute atomic E-state index is 13.1. The second-order valence-electron chi connectivity index (χ2n) is 4.06. The van der Waals surface area contributed by atoms with Gasteiger partial charge in [-0.1, -0.05) is 0 Å². The Morgan fingerprint density at radius 3 is 3.06 bits per heavy atom. The first-order valence-corrected chi connectivity index (χ1v) is 6.23. The summed E-state index contributed by atoms with van der Waals surface area (Å²) in [6.07, 6.45) is 0.0278. The normalized spacial score (nSPS) is 20.4. The Morgan fingerprint density at radius 1 is 1.59 bits per heavy atom. The number of nitrogens with zero attached hydrogens (tertiary/aromatic N) is 1. The number of carbonyl (C=O) groups excluding carboxylic acids is 1. The molecule has 1 aliphatic rings. The van der Waals surface area contributed by atoms with E-state index in [-0.39, 0.29) is 12.0 Å². The summed E-state index contributed by atoms with van der Waals surface area (Å²) in [5.41, 5.74) is 0.360. The molecule has 0 saturated carbocycles. The zero-order valence-corrected chi connectivity index (χ0v) is 11.0. The van der Waals surface area contributed by atoms with Gasteiger partial charge in [0, 0.05) is 17.6 Å². The molecule has 0 aromatic heterocycles. The van der Waals surface area contributed by atoms with E-state index in [0.29, 0.717) is 29.7 Å². The van der Waals surface area contributed by atoms with Crippen molar-refractivity contribution >= 4 is 21.8 Å². The second kappa shape index (κ2) is 5.14. The van der Waals surface area contributed by atoms with Crippen molar-refractivity contribution in [3.05, 3.63) is 34.1 Å². The van der Waals surface area contributed by atoms with Gasteiger partial charge in [0.1, 0.15) is 5.82 Å². The maximum atomic E-state index is 13.1. The Kier molecular flexibility index (Phi) is 3.79. The first-order valence-electron chi connectivity index (χ1n) is 5.44. The number of amides is 1. The van der Waals surface area contributed by atoms with Gasteiger partial charge in [-0.3, -0.25) is 4.79 Å². The summed E-state index contributed by atoms with van der Waals surface area (Å²) < 4.78 is 19.1. The summed E-state index contributed by atoms with van der Waals surface area (Å²) in [7, 11) is 0. The third-order valence-corrected chi connectivity index (χ3v) is 3.38. The Bertz CT molecular complexity index is 439. The van der Waals surface area contributed by atoms with Crippen LogP contribution in [-0.4, -0.2) is 36.6 Å². The largest absolute Gasteiger partial charge is 0.375 e. The molecule has 1 saturated heterocycles. The molecule has 3 nitrogen and oxygen atoms in total. The molecule has 1 aromatic carbocycles. The predicted molar refractivity (Wildman–Crippen MR) is 65.4 cm³/mol. The van der Waals surface area contributed by atoms with E-state index in [0.717, 1.165) is 0 Å². The van der Waals surface area contributed by atoms with Gasteiger partial charge in [-0.2, -0.15) is 0 Å². The molecule has 0 bridgehead atoms. The Hall–Kier alpha value is -0.940. The van der Waals surface area contributed by atoms with E-state index in [9.17, 15) is 9.18 Å². The molecule has 1 aromatic rings. The van der Waals surface area contributed by atoms with E-state index in [4.69, 9.17) is 4.74 Å². The van der Waals surface area contributed by atoms with Gasteiger partial charge in [-0.25, -0.2) is 4.39 Å². The smallest absolute Gasteiger partial charge is 0.255 e. The average molecular weight is 302 g/mol. The molecule has 1 amide bonds. The minimum Gasteiger partial charge on any atom is -0.375 e. The number of hydrogen-bond donors (Lipinski definition) is 0. The zero-order chi connectivity index (χ0) is 12.4. The number of ether oxygens (including phenoxy) is 1. The van der Waals surface area contributed by atoms with Gasteiger partial charge in [-0.15, -0.1) is 0 Å². The van der Waals surface area contributed by atoms with Crippen molar-refractivity contribution in [2.24, 2.45) is 0 Å². The quantitative estimate of drug-likeness (QED) is 0.797. The monoisotopic (exact) mass is 301 g/mol. The molecule has 0 spiro atoms. The fourth-order valence-electron chi connectivity index (χ4n) is 1.83. The molecule has 0 N–H and O–H groups in total. The molecule has 0 aliphatic carbocycles. The van der Waals surface area contributed by atoms with Crippen molar-refractivity contribution in [2.75, 3.05) is 19.7 Å². The van der Waals surface area contributed by atoms with Crippen molar-refractivity contribution < 1.29 is 13.9 Å². The highest BCUT2D eigenvalue weighted by atomic mass is 79.9. The van der Waals surface area contributed by atoms with Crippen LogP contribution in [0.5, 0.6) is 0 Å². The lowest BCUT2D eigenvalue weighted by atomic mass is 10.1. The van der Waals surface area contributed by atoms with Gasteiger partial charge in [-0.05, 0) is 41.1 Å². The zero-order valence-electron chi connectivity index (χ0n) is 9.45. The molecule has 1 heterocycles. The van der Waals surface area contributed by atoms with E-state index in [1.165, 1.54) is 12.1 Å². The van der Waals surface area contributed by atoms with Crippen LogP contribution in [0.15, 0.2) is 22.7 Å². The molecular weight excluding hydrogens is 289 g/mol. The highest BCUT2D eigenvalue weighted by molar-refractivity contribution is 9.10. The standard InChI is InChI=1S/C12H13BrFNO2/c1-8-7-15(4-5-17-8)12(16)10-6-9(14)2-3-11(10)13/h2-3,6,8H,4-5,7H2,1H3. The van der Waals surface area contributed by atoms with Crippen LogP contribution in [0.25, 0.3) is 0 Å². The van der Waals surface area contributed by atoms with Gasteiger partial charge in [0.15, 0.2) is 0 Å². The van der Waals surface area contributed by atoms with Crippen LogP contribution in [0, 0.1) is 5.82 Å². The van der Waals surface area contributed by atoms with Crippen LogP contribution in [-0.2, 0) is 4.74 Å². The van der Waals surface area contributed by atoms with Crippen LogP contribution < -0.4 is 0 Å². The molecule has 17 heavy (non-hydrogen) atoms.